The number of primary sulfonamides is 1. The molecule has 0 aromatic heterocycles. The Bertz CT molecular complexity index is 1350. The van der Waals surface area contributed by atoms with E-state index in [1.165, 1.54) is 12.1 Å². The third kappa shape index (κ3) is 4.22. The second-order valence-electron chi connectivity index (χ2n) is 9.07. The molecular weight excluding hydrogens is 504 g/mol. The van der Waals surface area contributed by atoms with Gasteiger partial charge < -0.3 is 5.73 Å². The highest BCUT2D eigenvalue weighted by molar-refractivity contribution is 9.10. The first kappa shape index (κ1) is 23.2. The van der Waals surface area contributed by atoms with Gasteiger partial charge in [-0.1, -0.05) is 41.9 Å². The van der Waals surface area contributed by atoms with Gasteiger partial charge in [0.15, 0.2) is 5.78 Å². The monoisotopic (exact) mass is 526 g/mol. The minimum atomic E-state index is -3.86. The average molecular weight is 527 g/mol. The van der Waals surface area contributed by atoms with Gasteiger partial charge in [0.2, 0.25) is 10.0 Å². The highest BCUT2D eigenvalue weighted by Gasteiger charge is 2.44. The van der Waals surface area contributed by atoms with E-state index in [2.05, 4.69) is 22.0 Å². The van der Waals surface area contributed by atoms with Gasteiger partial charge in [-0.05, 0) is 53.8 Å². The number of allylic oxidation sites excluding steroid dienone is 3. The molecule has 4 N–H and O–H groups in total. The fourth-order valence-electron chi connectivity index (χ4n) is 4.58. The third-order valence-electron chi connectivity index (χ3n) is 6.01. The molecule has 33 heavy (non-hydrogen) atoms. The van der Waals surface area contributed by atoms with Crippen LogP contribution < -0.4 is 15.8 Å². The van der Waals surface area contributed by atoms with Crippen LogP contribution in [0.1, 0.15) is 38.2 Å². The summed E-state index contributed by atoms with van der Waals surface area (Å²) in [5.74, 6) is -0.375. The average Bonchev–Trinajstić information content (AvgIpc) is 2.72. The summed E-state index contributed by atoms with van der Waals surface area (Å²) in [6.07, 6.45) is 0.924. The number of benzene rings is 2. The largest absolute Gasteiger partial charge is 0.384 e. The molecule has 1 atom stereocenters. The van der Waals surface area contributed by atoms with Crippen molar-refractivity contribution in [2.24, 2.45) is 16.3 Å². The Morgan fingerprint density at radius 3 is 2.24 bits per heavy atom. The first-order valence-electron chi connectivity index (χ1n) is 10.3. The number of sulfonamides is 1. The number of rotatable bonds is 3. The Balaban J connectivity index is 1.96. The predicted octanol–water partition coefficient (Wildman–Crippen LogP) is 4.04. The zero-order chi connectivity index (χ0) is 24.1. The maximum absolute atomic E-state index is 13.5. The first-order chi connectivity index (χ1) is 15.4. The normalized spacial score (nSPS) is 20.5. The van der Waals surface area contributed by atoms with E-state index in [9.17, 15) is 18.5 Å². The molecular formula is C24H23BrN4O3S. The predicted molar refractivity (Wildman–Crippen MR) is 129 cm³/mol. The van der Waals surface area contributed by atoms with Gasteiger partial charge in [0, 0.05) is 27.9 Å². The van der Waals surface area contributed by atoms with Crippen LogP contribution in [0.2, 0.25) is 0 Å². The number of halogens is 1. The van der Waals surface area contributed by atoms with Crippen molar-refractivity contribution in [2.45, 2.75) is 37.5 Å². The summed E-state index contributed by atoms with van der Waals surface area (Å²) in [7, 11) is -3.86. The van der Waals surface area contributed by atoms with E-state index in [0.29, 0.717) is 24.1 Å². The fraction of sp³-hybridized carbons (Fsp3) is 0.250. The van der Waals surface area contributed by atoms with Crippen molar-refractivity contribution >= 4 is 37.4 Å². The van der Waals surface area contributed by atoms with Crippen molar-refractivity contribution in [3.63, 3.8) is 0 Å². The second kappa shape index (κ2) is 8.13. The van der Waals surface area contributed by atoms with Crippen LogP contribution in [0.5, 0.6) is 0 Å². The molecule has 0 saturated heterocycles. The Morgan fingerprint density at radius 2 is 1.70 bits per heavy atom. The SMILES string of the molecule is CC1(C)CC(=O)C2=C(C1)N(c1ccc(S(N)(=O)=O)cc1)C(N)=C(C#N)C2c1ccc(Br)cc1. The Morgan fingerprint density at radius 1 is 1.09 bits per heavy atom. The molecule has 1 heterocycles. The van der Waals surface area contributed by atoms with Crippen LogP contribution in [0.25, 0.3) is 0 Å². The minimum absolute atomic E-state index is 0.0272. The van der Waals surface area contributed by atoms with Gasteiger partial charge in [-0.15, -0.1) is 0 Å². The van der Waals surface area contributed by atoms with Gasteiger partial charge in [0.1, 0.15) is 5.82 Å². The Labute approximate surface area is 201 Å². The molecule has 1 aliphatic carbocycles. The molecule has 2 aromatic carbocycles. The van der Waals surface area contributed by atoms with E-state index in [-0.39, 0.29) is 27.5 Å². The van der Waals surface area contributed by atoms with Gasteiger partial charge in [-0.3, -0.25) is 9.69 Å². The maximum atomic E-state index is 13.5. The molecule has 0 amide bonds. The van der Waals surface area contributed by atoms with Crippen LogP contribution in [0.3, 0.4) is 0 Å². The molecule has 170 valence electrons. The lowest BCUT2D eigenvalue weighted by Crippen LogP contribution is -2.42. The number of nitrogens with zero attached hydrogens (tertiary/aromatic N) is 2. The van der Waals surface area contributed by atoms with E-state index in [1.807, 2.05) is 38.1 Å². The van der Waals surface area contributed by atoms with Gasteiger partial charge in [0.25, 0.3) is 0 Å². The Kier molecular flexibility index (Phi) is 5.73. The van der Waals surface area contributed by atoms with Crippen LogP contribution in [0, 0.1) is 16.7 Å². The standard InChI is InChI=1S/C24H23BrN4O3S/c1-24(2)11-19-22(20(30)12-24)21(14-3-5-15(25)6-4-14)18(13-26)23(27)29(19)16-7-9-17(10-8-16)33(28,31)32/h3-10,21H,11-12,27H2,1-2H3,(H2,28,31,32). The van der Waals surface area contributed by atoms with Crippen molar-refractivity contribution in [1.82, 2.24) is 0 Å². The van der Waals surface area contributed by atoms with Crippen LogP contribution in [-0.2, 0) is 14.8 Å². The van der Waals surface area contributed by atoms with Crippen molar-refractivity contribution in [3.05, 3.63) is 81.2 Å². The summed E-state index contributed by atoms with van der Waals surface area (Å²) in [5, 5.41) is 15.3. The molecule has 1 unspecified atom stereocenters. The number of hydrogen-bond donors (Lipinski definition) is 2. The fourth-order valence-corrected chi connectivity index (χ4v) is 5.36. The molecule has 0 radical (unpaired) electrons. The molecule has 2 aromatic rings. The van der Waals surface area contributed by atoms with Crippen LogP contribution in [0.4, 0.5) is 5.69 Å². The molecule has 0 bridgehead atoms. The van der Waals surface area contributed by atoms with E-state index < -0.39 is 15.9 Å². The zero-order valence-electron chi connectivity index (χ0n) is 18.2. The second-order valence-corrected chi connectivity index (χ2v) is 11.5. The van der Waals surface area contributed by atoms with E-state index in [0.717, 1.165) is 15.7 Å². The number of Topliss-reactive ketones (excluding diaryl/α,β-unsaturated/α-hetero) is 1. The molecule has 1 aliphatic heterocycles. The molecule has 4 rings (SSSR count). The summed E-state index contributed by atoms with van der Waals surface area (Å²) in [6.45, 7) is 4.04. The van der Waals surface area contributed by atoms with Crippen molar-refractivity contribution in [2.75, 3.05) is 4.90 Å². The number of nitrogens with two attached hydrogens (primary N) is 2. The smallest absolute Gasteiger partial charge is 0.238 e. The van der Waals surface area contributed by atoms with E-state index in [4.69, 9.17) is 10.9 Å². The lowest BCUT2D eigenvalue weighted by atomic mass is 9.68. The van der Waals surface area contributed by atoms with Crippen LogP contribution in [0.15, 0.2) is 80.6 Å². The lowest BCUT2D eigenvalue weighted by molar-refractivity contribution is -0.118. The minimum Gasteiger partial charge on any atom is -0.384 e. The molecule has 7 nitrogen and oxygen atoms in total. The number of anilines is 1. The summed E-state index contributed by atoms with van der Waals surface area (Å²) in [5.41, 5.74) is 9.19. The number of hydrogen-bond acceptors (Lipinski definition) is 6. The molecule has 0 spiro atoms. The molecule has 0 saturated carbocycles. The third-order valence-corrected chi connectivity index (χ3v) is 7.47. The summed E-state index contributed by atoms with van der Waals surface area (Å²) in [6, 6.07) is 15.7. The van der Waals surface area contributed by atoms with Gasteiger partial charge in [-0.2, -0.15) is 5.26 Å². The van der Waals surface area contributed by atoms with E-state index in [1.54, 1.807) is 17.0 Å². The van der Waals surface area contributed by atoms with E-state index >= 15 is 0 Å². The highest BCUT2D eigenvalue weighted by Crippen LogP contribution is 2.50. The number of nitriles is 1. The van der Waals surface area contributed by atoms with Crippen LogP contribution >= 0.6 is 15.9 Å². The molecule has 9 heteroatoms. The number of ketones is 1. The zero-order valence-corrected chi connectivity index (χ0v) is 20.6. The highest BCUT2D eigenvalue weighted by atomic mass is 79.9. The topological polar surface area (TPSA) is 130 Å². The molecule has 0 fully saturated rings. The van der Waals surface area contributed by atoms with Crippen molar-refractivity contribution < 1.29 is 13.2 Å². The van der Waals surface area contributed by atoms with Crippen LogP contribution in [-0.4, -0.2) is 14.2 Å². The van der Waals surface area contributed by atoms with Gasteiger partial charge in [0.05, 0.1) is 22.5 Å². The summed E-state index contributed by atoms with van der Waals surface area (Å²) < 4.78 is 24.3. The van der Waals surface area contributed by atoms with Gasteiger partial charge >= 0.3 is 0 Å². The van der Waals surface area contributed by atoms with Gasteiger partial charge in [-0.25, -0.2) is 13.6 Å². The number of carbonyl (C=O) groups excluding carboxylic acids is 1. The summed E-state index contributed by atoms with van der Waals surface area (Å²) >= 11 is 3.43. The number of carbonyl (C=O) groups is 1. The quantitative estimate of drug-likeness (QED) is 0.620. The summed E-state index contributed by atoms with van der Waals surface area (Å²) in [4.78, 5) is 15.1. The first-order valence-corrected chi connectivity index (χ1v) is 12.6. The molecule has 2 aliphatic rings. The Hall–Kier alpha value is -2.93. The maximum Gasteiger partial charge on any atom is 0.238 e. The lowest BCUT2D eigenvalue weighted by Gasteiger charge is -2.43. The van der Waals surface area contributed by atoms with Crippen molar-refractivity contribution in [3.8, 4) is 6.07 Å². The van der Waals surface area contributed by atoms with Crippen molar-refractivity contribution in [1.29, 1.82) is 5.26 Å².